The Bertz CT molecular complexity index is 641. The predicted molar refractivity (Wildman–Crippen MR) is 118 cm³/mol. The van der Waals surface area contributed by atoms with E-state index in [0.717, 1.165) is 77.8 Å². The molecule has 0 unspecified atom stereocenters. The Morgan fingerprint density at radius 3 is 1.97 bits per heavy atom. The van der Waals surface area contributed by atoms with E-state index in [1.54, 1.807) is 0 Å². The van der Waals surface area contributed by atoms with Gasteiger partial charge in [0, 0.05) is 56.8 Å². The van der Waals surface area contributed by atoms with Crippen molar-refractivity contribution in [1.82, 2.24) is 9.80 Å². The van der Waals surface area contributed by atoms with E-state index in [0.29, 0.717) is 11.8 Å². The molecule has 5 heteroatoms. The average molecular weight is 400 g/mol. The molecule has 29 heavy (non-hydrogen) atoms. The molecule has 1 saturated heterocycles. The molecule has 5 nitrogen and oxygen atoms in total. The zero-order valence-electron chi connectivity index (χ0n) is 18.2. The number of amides is 2. The van der Waals surface area contributed by atoms with Crippen LogP contribution in [-0.4, -0.2) is 60.9 Å². The van der Waals surface area contributed by atoms with Gasteiger partial charge in [0.25, 0.3) is 0 Å². The minimum atomic E-state index is 0.105. The van der Waals surface area contributed by atoms with Crippen molar-refractivity contribution >= 4 is 17.5 Å². The highest BCUT2D eigenvalue weighted by molar-refractivity contribution is 5.81. The van der Waals surface area contributed by atoms with Gasteiger partial charge in [0.1, 0.15) is 0 Å². The van der Waals surface area contributed by atoms with Gasteiger partial charge in [-0.2, -0.15) is 0 Å². The largest absolute Gasteiger partial charge is 0.368 e. The molecule has 2 amide bonds. The average Bonchev–Trinajstić information content (AvgIpc) is 2.79. The number of hydrogen-bond acceptors (Lipinski definition) is 3. The minimum absolute atomic E-state index is 0.105. The molecule has 0 bridgehead atoms. The number of para-hydroxylation sites is 1. The first-order valence-electron chi connectivity index (χ1n) is 11.5. The van der Waals surface area contributed by atoms with Gasteiger partial charge in [0.05, 0.1) is 0 Å². The Kier molecular flexibility index (Phi) is 7.96. The third-order valence-electron chi connectivity index (χ3n) is 6.44. The molecule has 160 valence electrons. The van der Waals surface area contributed by atoms with Crippen molar-refractivity contribution in [2.75, 3.05) is 44.2 Å². The van der Waals surface area contributed by atoms with E-state index in [2.05, 4.69) is 43.0 Å². The van der Waals surface area contributed by atoms with Crippen molar-refractivity contribution < 1.29 is 9.59 Å². The molecule has 0 spiro atoms. The summed E-state index contributed by atoms with van der Waals surface area (Å²) in [5, 5.41) is 0. The van der Waals surface area contributed by atoms with Crippen LogP contribution < -0.4 is 4.90 Å². The summed E-state index contributed by atoms with van der Waals surface area (Å²) in [5.41, 5.74) is 1.24. The number of hydrogen-bond donors (Lipinski definition) is 0. The Labute approximate surface area is 176 Å². The third kappa shape index (κ3) is 5.52. The molecular weight excluding hydrogens is 362 g/mol. The van der Waals surface area contributed by atoms with E-state index in [-0.39, 0.29) is 11.8 Å². The van der Waals surface area contributed by atoms with Gasteiger partial charge < -0.3 is 14.7 Å². The van der Waals surface area contributed by atoms with Gasteiger partial charge in [-0.1, -0.05) is 32.0 Å². The molecule has 1 aromatic rings. The van der Waals surface area contributed by atoms with E-state index in [1.807, 2.05) is 15.9 Å². The quantitative estimate of drug-likeness (QED) is 0.701. The van der Waals surface area contributed by atoms with Gasteiger partial charge in [-0.15, -0.1) is 0 Å². The predicted octanol–water partition coefficient (Wildman–Crippen LogP) is 3.79. The molecule has 0 atom stereocenters. The molecule has 1 aliphatic carbocycles. The van der Waals surface area contributed by atoms with Crippen LogP contribution in [0.15, 0.2) is 30.3 Å². The summed E-state index contributed by atoms with van der Waals surface area (Å²) >= 11 is 0. The van der Waals surface area contributed by atoms with Crippen LogP contribution in [0.2, 0.25) is 0 Å². The highest BCUT2D eigenvalue weighted by Crippen LogP contribution is 2.32. The number of benzene rings is 1. The maximum atomic E-state index is 13.0. The van der Waals surface area contributed by atoms with Crippen molar-refractivity contribution in [2.24, 2.45) is 11.8 Å². The first-order valence-corrected chi connectivity index (χ1v) is 11.5. The maximum Gasteiger partial charge on any atom is 0.225 e. The standard InChI is InChI=1S/C24H37N3O2/c1-3-14-26(15-4-2)23(28)20-10-12-21(13-11-20)24(29)27-18-16-25(17-19-27)22-8-6-5-7-9-22/h5-9,20-21H,3-4,10-19H2,1-2H3. The molecule has 1 saturated carbocycles. The lowest BCUT2D eigenvalue weighted by Crippen LogP contribution is -2.51. The van der Waals surface area contributed by atoms with Crippen LogP contribution in [0.3, 0.4) is 0 Å². The molecule has 1 aromatic carbocycles. The number of rotatable bonds is 7. The smallest absolute Gasteiger partial charge is 0.225 e. The van der Waals surface area contributed by atoms with E-state index in [9.17, 15) is 9.59 Å². The first kappa shape index (κ1) is 21.7. The van der Waals surface area contributed by atoms with Crippen molar-refractivity contribution in [3.8, 4) is 0 Å². The summed E-state index contributed by atoms with van der Waals surface area (Å²) in [6.45, 7) is 9.36. The first-order chi connectivity index (χ1) is 14.1. The van der Waals surface area contributed by atoms with Gasteiger partial charge in [0.2, 0.25) is 11.8 Å². The Morgan fingerprint density at radius 1 is 0.862 bits per heavy atom. The fourth-order valence-corrected chi connectivity index (χ4v) is 4.80. The van der Waals surface area contributed by atoms with Gasteiger partial charge in [-0.3, -0.25) is 9.59 Å². The van der Waals surface area contributed by atoms with E-state index < -0.39 is 0 Å². The maximum absolute atomic E-state index is 13.0. The number of carbonyl (C=O) groups excluding carboxylic acids is 2. The Hall–Kier alpha value is -2.04. The van der Waals surface area contributed by atoms with Gasteiger partial charge in [-0.05, 0) is 50.7 Å². The molecule has 0 N–H and O–H groups in total. The molecule has 1 aliphatic heterocycles. The molecule has 0 aromatic heterocycles. The second-order valence-electron chi connectivity index (χ2n) is 8.52. The van der Waals surface area contributed by atoms with E-state index in [4.69, 9.17) is 0 Å². The molecule has 2 aliphatic rings. The summed E-state index contributed by atoms with van der Waals surface area (Å²) < 4.78 is 0. The minimum Gasteiger partial charge on any atom is -0.368 e. The summed E-state index contributed by atoms with van der Waals surface area (Å²) in [7, 11) is 0. The highest BCUT2D eigenvalue weighted by Gasteiger charge is 2.34. The zero-order valence-corrected chi connectivity index (χ0v) is 18.2. The fraction of sp³-hybridized carbons (Fsp3) is 0.667. The normalized spacial score (nSPS) is 22.4. The van der Waals surface area contributed by atoms with Gasteiger partial charge in [-0.25, -0.2) is 0 Å². The number of carbonyl (C=O) groups is 2. The molecule has 2 fully saturated rings. The lowest BCUT2D eigenvalue weighted by molar-refractivity contribution is -0.141. The summed E-state index contributed by atoms with van der Waals surface area (Å²) in [4.78, 5) is 32.3. The van der Waals surface area contributed by atoms with Gasteiger partial charge in [0.15, 0.2) is 0 Å². The second-order valence-corrected chi connectivity index (χ2v) is 8.52. The number of piperazine rings is 1. The van der Waals surface area contributed by atoms with Crippen molar-refractivity contribution in [3.05, 3.63) is 30.3 Å². The van der Waals surface area contributed by atoms with Crippen molar-refractivity contribution in [2.45, 2.75) is 52.4 Å². The van der Waals surface area contributed by atoms with Crippen LogP contribution in [0.1, 0.15) is 52.4 Å². The fourth-order valence-electron chi connectivity index (χ4n) is 4.80. The number of anilines is 1. The Balaban J connectivity index is 1.46. The van der Waals surface area contributed by atoms with Crippen LogP contribution >= 0.6 is 0 Å². The lowest BCUT2D eigenvalue weighted by Gasteiger charge is -2.39. The molecule has 1 heterocycles. The van der Waals surface area contributed by atoms with Crippen LogP contribution in [0.5, 0.6) is 0 Å². The van der Waals surface area contributed by atoms with Crippen molar-refractivity contribution in [1.29, 1.82) is 0 Å². The molecule has 3 rings (SSSR count). The monoisotopic (exact) mass is 399 g/mol. The van der Waals surface area contributed by atoms with Crippen LogP contribution in [0.25, 0.3) is 0 Å². The second kappa shape index (κ2) is 10.7. The van der Waals surface area contributed by atoms with Crippen LogP contribution in [0.4, 0.5) is 5.69 Å². The summed E-state index contributed by atoms with van der Waals surface area (Å²) in [6, 6.07) is 10.4. The third-order valence-corrected chi connectivity index (χ3v) is 6.44. The molecule has 0 radical (unpaired) electrons. The van der Waals surface area contributed by atoms with E-state index in [1.165, 1.54) is 5.69 Å². The van der Waals surface area contributed by atoms with E-state index >= 15 is 0 Å². The summed E-state index contributed by atoms with van der Waals surface area (Å²) in [5.74, 6) is 0.846. The Morgan fingerprint density at radius 2 is 1.41 bits per heavy atom. The number of nitrogens with zero attached hydrogens (tertiary/aromatic N) is 3. The van der Waals surface area contributed by atoms with Gasteiger partial charge >= 0.3 is 0 Å². The highest BCUT2D eigenvalue weighted by atomic mass is 16.2. The molecular formula is C24H37N3O2. The van der Waals surface area contributed by atoms with Crippen LogP contribution in [-0.2, 0) is 9.59 Å². The zero-order chi connectivity index (χ0) is 20.6. The SMILES string of the molecule is CCCN(CCC)C(=O)C1CCC(C(=O)N2CCN(c3ccccc3)CC2)CC1. The van der Waals surface area contributed by atoms with Crippen molar-refractivity contribution in [3.63, 3.8) is 0 Å². The summed E-state index contributed by atoms with van der Waals surface area (Å²) in [6.07, 6.45) is 5.47. The lowest BCUT2D eigenvalue weighted by atomic mass is 9.80. The topological polar surface area (TPSA) is 43.9 Å². The van der Waals surface area contributed by atoms with Crippen LogP contribution in [0, 0.1) is 11.8 Å².